The molecule has 0 bridgehead atoms. The molecule has 0 atom stereocenters. The number of hydrogen-bond acceptors (Lipinski definition) is 1. The zero-order valence-corrected chi connectivity index (χ0v) is 7.38. The topological polar surface area (TPSA) is 17.1 Å². The number of benzene rings is 1. The van der Waals surface area contributed by atoms with E-state index in [2.05, 4.69) is 0 Å². The molecular formula is C10H13FO. The second-order valence-corrected chi connectivity index (χ2v) is 2.35. The number of carbonyl (C=O) groups is 1. The van der Waals surface area contributed by atoms with Crippen LogP contribution in [-0.4, -0.2) is 5.78 Å². The van der Waals surface area contributed by atoms with E-state index in [-0.39, 0.29) is 11.6 Å². The highest BCUT2D eigenvalue weighted by Crippen LogP contribution is 1.91. The second kappa shape index (κ2) is 6.53. The van der Waals surface area contributed by atoms with Crippen molar-refractivity contribution >= 4 is 5.78 Å². The van der Waals surface area contributed by atoms with E-state index in [1.54, 1.807) is 25.1 Å². The van der Waals surface area contributed by atoms with Crippen LogP contribution in [0, 0.1) is 5.82 Å². The first-order chi connectivity index (χ1) is 5.66. The molecule has 0 unspecified atom stereocenters. The highest BCUT2D eigenvalue weighted by atomic mass is 19.1. The van der Waals surface area contributed by atoms with Crippen LogP contribution in [0.25, 0.3) is 0 Å². The van der Waals surface area contributed by atoms with E-state index in [1.165, 1.54) is 12.1 Å². The molecule has 0 saturated heterocycles. The van der Waals surface area contributed by atoms with Crippen molar-refractivity contribution in [3.8, 4) is 0 Å². The predicted molar refractivity (Wildman–Crippen MR) is 47.4 cm³/mol. The number of rotatable bonds is 1. The van der Waals surface area contributed by atoms with Crippen LogP contribution in [0.2, 0.25) is 0 Å². The van der Waals surface area contributed by atoms with Crippen LogP contribution in [-0.2, 0) is 4.79 Å². The van der Waals surface area contributed by atoms with Gasteiger partial charge in [0.1, 0.15) is 11.6 Å². The Morgan fingerprint density at radius 2 is 1.75 bits per heavy atom. The molecule has 1 aromatic carbocycles. The van der Waals surface area contributed by atoms with Gasteiger partial charge in [0.2, 0.25) is 0 Å². The fourth-order valence-electron chi connectivity index (χ4n) is 0.415. The standard InChI is InChI=1S/C6H5F.C4H8O/c7-6-4-2-1-3-5-6;1-3-4(2)5/h1-5H;3H2,1-2H3. The van der Waals surface area contributed by atoms with Crippen molar-refractivity contribution in [3.63, 3.8) is 0 Å². The van der Waals surface area contributed by atoms with Crippen molar-refractivity contribution in [2.24, 2.45) is 0 Å². The van der Waals surface area contributed by atoms with Gasteiger partial charge >= 0.3 is 0 Å². The van der Waals surface area contributed by atoms with E-state index in [1.807, 2.05) is 6.92 Å². The summed E-state index contributed by atoms with van der Waals surface area (Å²) in [6.45, 7) is 3.43. The SMILES string of the molecule is CCC(C)=O.Fc1ccccc1. The van der Waals surface area contributed by atoms with Crippen molar-refractivity contribution in [2.75, 3.05) is 0 Å². The Bertz CT molecular complexity index is 219. The van der Waals surface area contributed by atoms with Gasteiger partial charge in [-0.25, -0.2) is 4.39 Å². The molecule has 0 spiro atoms. The first kappa shape index (κ1) is 10.8. The lowest BCUT2D eigenvalue weighted by molar-refractivity contribution is -0.116. The van der Waals surface area contributed by atoms with Gasteiger partial charge in [-0.2, -0.15) is 0 Å². The van der Waals surface area contributed by atoms with Gasteiger partial charge in [0, 0.05) is 6.42 Å². The van der Waals surface area contributed by atoms with Gasteiger partial charge in [-0.3, -0.25) is 0 Å². The molecule has 0 fully saturated rings. The van der Waals surface area contributed by atoms with E-state index in [4.69, 9.17) is 0 Å². The van der Waals surface area contributed by atoms with Crippen LogP contribution >= 0.6 is 0 Å². The average Bonchev–Trinajstić information content (AvgIpc) is 2.07. The van der Waals surface area contributed by atoms with Gasteiger partial charge in [-0.1, -0.05) is 25.1 Å². The minimum atomic E-state index is -0.178. The molecule has 0 aromatic heterocycles. The molecule has 0 aliphatic rings. The van der Waals surface area contributed by atoms with Crippen LogP contribution in [0.15, 0.2) is 30.3 Å². The Morgan fingerprint density at radius 1 is 1.33 bits per heavy atom. The lowest BCUT2D eigenvalue weighted by Gasteiger charge is -1.78. The summed E-state index contributed by atoms with van der Waals surface area (Å²) in [6.07, 6.45) is 0.667. The molecule has 0 aliphatic heterocycles. The van der Waals surface area contributed by atoms with Crippen LogP contribution in [0.3, 0.4) is 0 Å². The van der Waals surface area contributed by atoms with Crippen molar-refractivity contribution in [1.29, 1.82) is 0 Å². The Balaban J connectivity index is 0.000000217. The van der Waals surface area contributed by atoms with E-state index in [9.17, 15) is 9.18 Å². The third-order valence-electron chi connectivity index (χ3n) is 1.23. The molecule has 1 aromatic rings. The summed E-state index contributed by atoms with van der Waals surface area (Å²) in [6, 6.07) is 7.94. The molecule has 66 valence electrons. The molecule has 0 radical (unpaired) electrons. The zero-order valence-electron chi connectivity index (χ0n) is 7.38. The summed E-state index contributed by atoms with van der Waals surface area (Å²) in [5, 5.41) is 0. The summed E-state index contributed by atoms with van der Waals surface area (Å²) >= 11 is 0. The van der Waals surface area contributed by atoms with Gasteiger partial charge < -0.3 is 4.79 Å². The summed E-state index contributed by atoms with van der Waals surface area (Å²) < 4.78 is 11.9. The van der Waals surface area contributed by atoms with Crippen LogP contribution in [0.5, 0.6) is 0 Å². The lowest BCUT2D eigenvalue weighted by atomic mass is 10.4. The molecular weight excluding hydrogens is 155 g/mol. The molecule has 1 nitrogen and oxygen atoms in total. The van der Waals surface area contributed by atoms with Gasteiger partial charge in [-0.15, -0.1) is 0 Å². The smallest absolute Gasteiger partial charge is 0.129 e. The first-order valence-corrected chi connectivity index (χ1v) is 3.86. The Morgan fingerprint density at radius 3 is 1.92 bits per heavy atom. The minimum Gasteiger partial charge on any atom is -0.300 e. The van der Waals surface area contributed by atoms with Gasteiger partial charge in [0.05, 0.1) is 0 Å². The molecule has 12 heavy (non-hydrogen) atoms. The first-order valence-electron chi connectivity index (χ1n) is 3.86. The number of Topliss-reactive ketones (excluding diaryl/α,β-unsaturated/α-hetero) is 1. The van der Waals surface area contributed by atoms with E-state index >= 15 is 0 Å². The molecule has 2 heteroatoms. The number of halogens is 1. The van der Waals surface area contributed by atoms with Crippen molar-refractivity contribution in [1.82, 2.24) is 0 Å². The molecule has 0 aliphatic carbocycles. The van der Waals surface area contributed by atoms with Crippen molar-refractivity contribution in [2.45, 2.75) is 20.3 Å². The highest BCUT2D eigenvalue weighted by Gasteiger charge is 1.77. The zero-order chi connectivity index (χ0) is 9.40. The number of hydrogen-bond donors (Lipinski definition) is 0. The van der Waals surface area contributed by atoms with Crippen molar-refractivity contribution in [3.05, 3.63) is 36.1 Å². The maximum absolute atomic E-state index is 11.9. The number of carbonyl (C=O) groups excluding carboxylic acids is 1. The van der Waals surface area contributed by atoms with Crippen LogP contribution in [0.1, 0.15) is 20.3 Å². The maximum atomic E-state index is 11.9. The quantitative estimate of drug-likeness (QED) is 0.630. The van der Waals surface area contributed by atoms with E-state index in [0.29, 0.717) is 6.42 Å². The van der Waals surface area contributed by atoms with Gasteiger partial charge in [-0.05, 0) is 19.1 Å². The second-order valence-electron chi connectivity index (χ2n) is 2.35. The molecule has 0 heterocycles. The molecule has 0 N–H and O–H groups in total. The van der Waals surface area contributed by atoms with Crippen molar-refractivity contribution < 1.29 is 9.18 Å². The summed E-state index contributed by atoms with van der Waals surface area (Å²) in [4.78, 5) is 9.81. The highest BCUT2D eigenvalue weighted by molar-refractivity contribution is 5.74. The fourth-order valence-corrected chi connectivity index (χ4v) is 0.415. The molecule has 1 rings (SSSR count). The predicted octanol–water partition coefficient (Wildman–Crippen LogP) is 2.81. The summed E-state index contributed by atoms with van der Waals surface area (Å²) in [7, 11) is 0. The lowest BCUT2D eigenvalue weighted by Crippen LogP contribution is -1.80. The normalized spacial score (nSPS) is 8.25. The largest absolute Gasteiger partial charge is 0.300 e. The third kappa shape index (κ3) is 6.93. The Hall–Kier alpha value is -1.18. The average molecular weight is 168 g/mol. The maximum Gasteiger partial charge on any atom is 0.129 e. The van der Waals surface area contributed by atoms with E-state index < -0.39 is 0 Å². The number of ketones is 1. The van der Waals surface area contributed by atoms with Gasteiger partial charge in [0.15, 0.2) is 0 Å². The molecule has 0 saturated carbocycles. The summed E-state index contributed by atoms with van der Waals surface area (Å²) in [5.41, 5.74) is 0. The van der Waals surface area contributed by atoms with Gasteiger partial charge in [0.25, 0.3) is 0 Å². The van der Waals surface area contributed by atoms with E-state index in [0.717, 1.165) is 0 Å². The fraction of sp³-hybridized carbons (Fsp3) is 0.300. The Kier molecular flexibility index (Phi) is 5.88. The third-order valence-corrected chi connectivity index (χ3v) is 1.23. The Labute approximate surface area is 72.2 Å². The van der Waals surface area contributed by atoms with Crippen LogP contribution in [0.4, 0.5) is 4.39 Å². The summed E-state index contributed by atoms with van der Waals surface area (Å²) in [5.74, 6) is 0.0764. The monoisotopic (exact) mass is 168 g/mol. The minimum absolute atomic E-state index is 0.178. The van der Waals surface area contributed by atoms with Crippen LogP contribution < -0.4 is 0 Å². The molecule has 0 amide bonds.